The van der Waals surface area contributed by atoms with Gasteiger partial charge in [0.2, 0.25) is 0 Å². The monoisotopic (exact) mass is 417 g/mol. The van der Waals surface area contributed by atoms with E-state index in [0.29, 0.717) is 11.3 Å². The number of amides is 2. The minimum Gasteiger partial charge on any atom is -0.488 e. The highest BCUT2D eigenvalue weighted by molar-refractivity contribution is 6.06. The van der Waals surface area contributed by atoms with Gasteiger partial charge in [0.15, 0.2) is 0 Å². The van der Waals surface area contributed by atoms with Crippen LogP contribution in [-0.2, 0) is 16.2 Å². The molecule has 2 aromatic rings. The van der Waals surface area contributed by atoms with Crippen molar-refractivity contribution in [2.75, 3.05) is 0 Å². The number of para-hydroxylation sites is 1. The summed E-state index contributed by atoms with van der Waals surface area (Å²) in [5.41, 5.74) is 1.42. The summed E-state index contributed by atoms with van der Waals surface area (Å²) in [4.78, 5) is 35.8. The number of benzene rings is 2. The van der Waals surface area contributed by atoms with Gasteiger partial charge in [-0.2, -0.15) is 10.1 Å². The molecule has 156 valence electrons. The zero-order valence-electron chi connectivity index (χ0n) is 16.5. The molecule has 8 heteroatoms. The van der Waals surface area contributed by atoms with E-state index in [9.17, 15) is 19.7 Å². The molecule has 4 atom stereocenters. The van der Waals surface area contributed by atoms with E-state index in [-0.39, 0.29) is 47.8 Å². The molecule has 31 heavy (non-hydrogen) atoms. The molecule has 2 bridgehead atoms. The lowest BCUT2D eigenvalue weighted by molar-refractivity contribution is -0.384. The lowest BCUT2D eigenvalue weighted by Crippen LogP contribution is -2.28. The molecule has 4 unspecified atom stereocenters. The van der Waals surface area contributed by atoms with Crippen LogP contribution in [0.3, 0.4) is 0 Å². The maximum absolute atomic E-state index is 12.8. The Bertz CT molecular complexity index is 1090. The van der Waals surface area contributed by atoms with Crippen molar-refractivity contribution in [3.8, 4) is 5.75 Å². The van der Waals surface area contributed by atoms with Gasteiger partial charge in [-0.3, -0.25) is 19.7 Å². The number of rotatable bonds is 6. The number of nitrogens with zero attached hydrogens (tertiary/aromatic N) is 3. The molecule has 2 aliphatic carbocycles. The van der Waals surface area contributed by atoms with Gasteiger partial charge in [-0.25, -0.2) is 0 Å². The summed E-state index contributed by atoms with van der Waals surface area (Å²) in [7, 11) is 0. The highest BCUT2D eigenvalue weighted by Crippen LogP contribution is 2.52. The van der Waals surface area contributed by atoms with Crippen LogP contribution in [0.1, 0.15) is 17.5 Å². The summed E-state index contributed by atoms with van der Waals surface area (Å²) in [5, 5.41) is 16.0. The van der Waals surface area contributed by atoms with E-state index < -0.39 is 4.92 Å². The average molecular weight is 417 g/mol. The number of carbonyl (C=O) groups is 2. The SMILES string of the molecule is O=C1C2C3C=CC(C3)C2C(=O)N1N=Cc1ccccc1OCc1ccc([N+](=O)[O-])cc1. The smallest absolute Gasteiger partial charge is 0.269 e. The third-order valence-corrected chi connectivity index (χ3v) is 6.22. The van der Waals surface area contributed by atoms with Crippen molar-refractivity contribution in [1.29, 1.82) is 0 Å². The number of hydrazone groups is 1. The fraction of sp³-hybridized carbons (Fsp3) is 0.261. The standard InChI is InChI=1S/C23H19N3O5/c27-22-20-15-7-8-16(11-15)21(20)23(28)25(22)24-12-17-3-1-2-4-19(17)31-13-14-5-9-18(10-6-14)26(29)30/h1-10,12,15-16,20-21H,11,13H2. The second-order valence-electron chi connectivity index (χ2n) is 7.98. The normalized spacial score (nSPS) is 26.1. The van der Waals surface area contributed by atoms with Crippen LogP contribution >= 0.6 is 0 Å². The van der Waals surface area contributed by atoms with Gasteiger partial charge in [0.1, 0.15) is 12.4 Å². The number of hydrogen-bond acceptors (Lipinski definition) is 6. The van der Waals surface area contributed by atoms with Gasteiger partial charge in [0.05, 0.1) is 23.0 Å². The van der Waals surface area contributed by atoms with Crippen LogP contribution in [0.5, 0.6) is 5.75 Å². The number of hydrogen-bond donors (Lipinski definition) is 0. The Labute approximate surface area is 178 Å². The molecule has 0 spiro atoms. The van der Waals surface area contributed by atoms with Crippen LogP contribution in [0, 0.1) is 33.8 Å². The molecule has 0 N–H and O–H groups in total. The van der Waals surface area contributed by atoms with E-state index in [1.807, 2.05) is 24.3 Å². The third kappa shape index (κ3) is 3.30. The largest absolute Gasteiger partial charge is 0.488 e. The van der Waals surface area contributed by atoms with E-state index in [2.05, 4.69) is 5.10 Å². The molecule has 0 radical (unpaired) electrons. The van der Waals surface area contributed by atoms with Gasteiger partial charge in [0, 0.05) is 17.7 Å². The van der Waals surface area contributed by atoms with E-state index in [1.54, 1.807) is 24.3 Å². The number of allylic oxidation sites excluding steroid dienone is 2. The Morgan fingerprint density at radius 3 is 2.32 bits per heavy atom. The van der Waals surface area contributed by atoms with Gasteiger partial charge < -0.3 is 4.74 Å². The van der Waals surface area contributed by atoms with Crippen molar-refractivity contribution >= 4 is 23.7 Å². The Morgan fingerprint density at radius 2 is 1.68 bits per heavy atom. The number of carbonyl (C=O) groups excluding carboxylic acids is 2. The number of imide groups is 1. The molecule has 1 saturated heterocycles. The van der Waals surface area contributed by atoms with Crippen LogP contribution in [-0.4, -0.2) is 28.0 Å². The third-order valence-electron chi connectivity index (χ3n) is 6.22. The molecule has 2 amide bonds. The van der Waals surface area contributed by atoms with Gasteiger partial charge >= 0.3 is 0 Å². The van der Waals surface area contributed by atoms with E-state index in [0.717, 1.165) is 17.0 Å². The molecule has 0 aromatic heterocycles. The van der Waals surface area contributed by atoms with Crippen molar-refractivity contribution in [1.82, 2.24) is 5.01 Å². The quantitative estimate of drug-likeness (QED) is 0.236. The van der Waals surface area contributed by atoms with Gasteiger partial charge in [0.25, 0.3) is 17.5 Å². The van der Waals surface area contributed by atoms with E-state index in [1.165, 1.54) is 18.3 Å². The second-order valence-corrected chi connectivity index (χ2v) is 7.98. The zero-order valence-corrected chi connectivity index (χ0v) is 16.5. The summed E-state index contributed by atoms with van der Waals surface area (Å²) < 4.78 is 5.85. The summed E-state index contributed by atoms with van der Waals surface area (Å²) in [6.45, 7) is 0.212. The average Bonchev–Trinajstić information content (AvgIpc) is 3.46. The number of nitro groups is 1. The second kappa shape index (κ2) is 7.46. The molecule has 2 aromatic carbocycles. The minimum absolute atomic E-state index is 0.0182. The van der Waals surface area contributed by atoms with Crippen LogP contribution in [0.2, 0.25) is 0 Å². The lowest BCUT2D eigenvalue weighted by atomic mass is 9.85. The van der Waals surface area contributed by atoms with Crippen molar-refractivity contribution in [3.05, 3.63) is 81.9 Å². The van der Waals surface area contributed by atoms with Crippen LogP contribution in [0.25, 0.3) is 0 Å². The first-order chi connectivity index (χ1) is 15.0. The Hall–Kier alpha value is -3.81. The minimum atomic E-state index is -0.451. The molecule has 3 aliphatic rings. The Kier molecular flexibility index (Phi) is 4.62. The first-order valence-corrected chi connectivity index (χ1v) is 10.1. The first kappa shape index (κ1) is 19.2. The summed E-state index contributed by atoms with van der Waals surface area (Å²) in [6, 6.07) is 13.3. The molecule has 5 rings (SSSR count). The molecular weight excluding hydrogens is 398 g/mol. The van der Waals surface area contributed by atoms with Crippen LogP contribution in [0.4, 0.5) is 5.69 Å². The predicted molar refractivity (Wildman–Crippen MR) is 111 cm³/mol. The number of nitro benzene ring substituents is 1. The molecule has 8 nitrogen and oxygen atoms in total. The van der Waals surface area contributed by atoms with Gasteiger partial charge in [-0.05, 0) is 48.1 Å². The number of ether oxygens (including phenoxy) is 1. The number of fused-ring (bicyclic) bond motifs is 5. The van der Waals surface area contributed by atoms with E-state index >= 15 is 0 Å². The maximum atomic E-state index is 12.8. The highest BCUT2D eigenvalue weighted by atomic mass is 16.6. The van der Waals surface area contributed by atoms with Crippen LogP contribution in [0.15, 0.2) is 65.8 Å². The van der Waals surface area contributed by atoms with E-state index in [4.69, 9.17) is 4.74 Å². The maximum Gasteiger partial charge on any atom is 0.269 e. The summed E-state index contributed by atoms with van der Waals surface area (Å²) >= 11 is 0. The fourth-order valence-electron chi connectivity index (χ4n) is 4.71. The van der Waals surface area contributed by atoms with Gasteiger partial charge in [-0.15, -0.1) is 0 Å². The highest BCUT2D eigenvalue weighted by Gasteiger charge is 2.59. The first-order valence-electron chi connectivity index (χ1n) is 10.1. The predicted octanol–water partition coefficient (Wildman–Crippen LogP) is 3.31. The summed E-state index contributed by atoms with van der Waals surface area (Å²) in [5.74, 6) is -0.208. The molecule has 1 aliphatic heterocycles. The van der Waals surface area contributed by atoms with Crippen molar-refractivity contribution in [2.45, 2.75) is 13.0 Å². The Balaban J connectivity index is 1.30. The molecule has 1 saturated carbocycles. The Morgan fingerprint density at radius 1 is 1.03 bits per heavy atom. The van der Waals surface area contributed by atoms with Gasteiger partial charge in [-0.1, -0.05) is 24.3 Å². The topological polar surface area (TPSA) is 102 Å². The molecule has 2 fully saturated rings. The fourth-order valence-corrected chi connectivity index (χ4v) is 4.71. The lowest BCUT2D eigenvalue weighted by Gasteiger charge is -2.13. The van der Waals surface area contributed by atoms with Crippen molar-refractivity contribution < 1.29 is 19.2 Å². The van der Waals surface area contributed by atoms with Crippen molar-refractivity contribution in [2.24, 2.45) is 28.8 Å². The van der Waals surface area contributed by atoms with Crippen molar-refractivity contribution in [3.63, 3.8) is 0 Å². The van der Waals surface area contributed by atoms with Crippen LogP contribution < -0.4 is 4.74 Å². The zero-order chi connectivity index (χ0) is 21.5. The molecular formula is C23H19N3O5. The molecule has 1 heterocycles. The number of non-ortho nitro benzene ring substituents is 1. The summed E-state index contributed by atoms with van der Waals surface area (Å²) in [6.07, 6.45) is 6.44.